The fourth-order valence-electron chi connectivity index (χ4n) is 2.57. The topological polar surface area (TPSA) is 79.5 Å². The maximum atomic E-state index is 12.3. The normalized spacial score (nSPS) is 10.6. The molecule has 2 aromatic rings. The van der Waals surface area contributed by atoms with Crippen LogP contribution in [-0.2, 0) is 9.53 Å². The first-order chi connectivity index (χ1) is 11.6. The van der Waals surface area contributed by atoms with E-state index in [0.717, 1.165) is 12.8 Å². The fraction of sp³-hybridized carbons (Fsp3) is 0.389. The SMILES string of the molecule is CCCN(CCC)C(=O)COC(=O)c1cc(=O)[nH]c2ccccc12. The summed E-state index contributed by atoms with van der Waals surface area (Å²) >= 11 is 0. The minimum absolute atomic E-state index is 0.166. The van der Waals surface area contributed by atoms with Gasteiger partial charge in [0.25, 0.3) is 5.91 Å². The number of aromatic nitrogens is 1. The second-order valence-electron chi connectivity index (χ2n) is 5.55. The summed E-state index contributed by atoms with van der Waals surface area (Å²) in [6.45, 7) is 4.94. The molecule has 0 saturated heterocycles. The van der Waals surface area contributed by atoms with Crippen LogP contribution in [0.3, 0.4) is 0 Å². The molecule has 1 N–H and O–H groups in total. The van der Waals surface area contributed by atoms with Crippen LogP contribution in [0.1, 0.15) is 37.0 Å². The second-order valence-corrected chi connectivity index (χ2v) is 5.55. The van der Waals surface area contributed by atoms with Crippen molar-refractivity contribution in [1.29, 1.82) is 0 Å². The highest BCUT2D eigenvalue weighted by Crippen LogP contribution is 2.15. The van der Waals surface area contributed by atoms with E-state index in [0.29, 0.717) is 24.0 Å². The largest absolute Gasteiger partial charge is 0.452 e. The lowest BCUT2D eigenvalue weighted by molar-refractivity contribution is -0.134. The van der Waals surface area contributed by atoms with Crippen molar-refractivity contribution in [3.63, 3.8) is 0 Å². The van der Waals surface area contributed by atoms with Crippen LogP contribution in [0, 0.1) is 0 Å². The molecule has 1 amide bonds. The number of nitrogens with one attached hydrogen (secondary N) is 1. The number of carbonyl (C=O) groups excluding carboxylic acids is 2. The highest BCUT2D eigenvalue weighted by Gasteiger charge is 2.17. The van der Waals surface area contributed by atoms with Gasteiger partial charge in [-0.3, -0.25) is 9.59 Å². The van der Waals surface area contributed by atoms with Gasteiger partial charge in [0.05, 0.1) is 5.56 Å². The van der Waals surface area contributed by atoms with Gasteiger partial charge in [-0.15, -0.1) is 0 Å². The zero-order chi connectivity index (χ0) is 17.5. The molecular weight excluding hydrogens is 308 g/mol. The number of fused-ring (bicyclic) bond motifs is 1. The molecule has 0 saturated carbocycles. The molecule has 0 aliphatic heterocycles. The molecule has 0 aliphatic carbocycles. The lowest BCUT2D eigenvalue weighted by Crippen LogP contribution is -2.36. The van der Waals surface area contributed by atoms with Crippen LogP contribution in [0.4, 0.5) is 0 Å². The van der Waals surface area contributed by atoms with Gasteiger partial charge in [0.15, 0.2) is 6.61 Å². The number of para-hydroxylation sites is 1. The van der Waals surface area contributed by atoms with E-state index in [1.165, 1.54) is 6.07 Å². The molecule has 0 radical (unpaired) electrons. The molecule has 0 spiro atoms. The Labute approximate surface area is 140 Å². The monoisotopic (exact) mass is 330 g/mol. The predicted octanol–water partition coefficient (Wildman–Crippen LogP) is 2.33. The van der Waals surface area contributed by atoms with Gasteiger partial charge in [-0.2, -0.15) is 0 Å². The number of rotatable bonds is 7. The smallest absolute Gasteiger partial charge is 0.339 e. The van der Waals surface area contributed by atoms with Crippen LogP contribution in [0.25, 0.3) is 10.9 Å². The van der Waals surface area contributed by atoms with Crippen LogP contribution in [0.2, 0.25) is 0 Å². The molecule has 24 heavy (non-hydrogen) atoms. The average Bonchev–Trinajstić information content (AvgIpc) is 2.58. The predicted molar refractivity (Wildman–Crippen MR) is 92.0 cm³/mol. The lowest BCUT2D eigenvalue weighted by Gasteiger charge is -2.21. The van der Waals surface area contributed by atoms with Crippen molar-refractivity contribution in [1.82, 2.24) is 9.88 Å². The summed E-state index contributed by atoms with van der Waals surface area (Å²) in [6, 6.07) is 8.18. The van der Waals surface area contributed by atoms with E-state index in [1.54, 1.807) is 29.2 Å². The second kappa shape index (κ2) is 8.29. The molecule has 0 unspecified atom stereocenters. The fourth-order valence-corrected chi connectivity index (χ4v) is 2.57. The van der Waals surface area contributed by atoms with E-state index >= 15 is 0 Å². The number of esters is 1. The lowest BCUT2D eigenvalue weighted by atomic mass is 10.1. The molecule has 0 aliphatic rings. The van der Waals surface area contributed by atoms with Gasteiger partial charge in [-0.1, -0.05) is 32.0 Å². The number of ether oxygens (including phenoxy) is 1. The van der Waals surface area contributed by atoms with Crippen molar-refractivity contribution in [2.24, 2.45) is 0 Å². The Kier molecular flexibility index (Phi) is 6.12. The number of pyridine rings is 1. The van der Waals surface area contributed by atoms with Crippen molar-refractivity contribution < 1.29 is 14.3 Å². The van der Waals surface area contributed by atoms with Gasteiger partial charge < -0.3 is 14.6 Å². The van der Waals surface area contributed by atoms with Crippen molar-refractivity contribution in [2.45, 2.75) is 26.7 Å². The first-order valence-corrected chi connectivity index (χ1v) is 8.13. The highest BCUT2D eigenvalue weighted by atomic mass is 16.5. The third-order valence-corrected chi connectivity index (χ3v) is 3.64. The number of H-pyrrole nitrogens is 1. The Morgan fingerprint density at radius 3 is 2.46 bits per heavy atom. The number of nitrogens with zero attached hydrogens (tertiary/aromatic N) is 1. The Hall–Kier alpha value is -2.63. The van der Waals surface area contributed by atoms with Gasteiger partial charge in [-0.05, 0) is 18.9 Å². The van der Waals surface area contributed by atoms with Crippen LogP contribution in [0.5, 0.6) is 0 Å². The molecule has 1 aromatic heterocycles. The summed E-state index contributed by atoms with van der Waals surface area (Å²) < 4.78 is 5.14. The summed E-state index contributed by atoms with van der Waals surface area (Å²) in [5.74, 6) is -0.889. The van der Waals surface area contributed by atoms with Crippen LogP contribution in [0.15, 0.2) is 35.1 Å². The van der Waals surface area contributed by atoms with Crippen molar-refractivity contribution in [3.05, 3.63) is 46.2 Å². The summed E-state index contributed by atoms with van der Waals surface area (Å²) in [5, 5.41) is 0.591. The number of aromatic amines is 1. The number of hydrogen-bond donors (Lipinski definition) is 1. The third-order valence-electron chi connectivity index (χ3n) is 3.64. The summed E-state index contributed by atoms with van der Waals surface area (Å²) in [6.07, 6.45) is 1.69. The first kappa shape index (κ1) is 17.7. The van der Waals surface area contributed by atoms with E-state index in [4.69, 9.17) is 4.74 Å². The van der Waals surface area contributed by atoms with Crippen LogP contribution >= 0.6 is 0 Å². The number of benzene rings is 1. The number of hydrogen-bond acceptors (Lipinski definition) is 4. The Morgan fingerprint density at radius 2 is 1.79 bits per heavy atom. The number of amides is 1. The van der Waals surface area contributed by atoms with E-state index in [9.17, 15) is 14.4 Å². The molecule has 2 rings (SSSR count). The first-order valence-electron chi connectivity index (χ1n) is 8.13. The van der Waals surface area contributed by atoms with Gasteiger partial charge in [-0.25, -0.2) is 4.79 Å². The maximum absolute atomic E-state index is 12.3. The molecule has 128 valence electrons. The Morgan fingerprint density at radius 1 is 1.12 bits per heavy atom. The highest BCUT2D eigenvalue weighted by molar-refractivity contribution is 6.03. The molecule has 1 aromatic carbocycles. The van der Waals surface area contributed by atoms with E-state index in [2.05, 4.69) is 4.98 Å². The molecule has 0 fully saturated rings. The molecule has 6 heteroatoms. The van der Waals surface area contributed by atoms with E-state index in [1.807, 2.05) is 13.8 Å². The zero-order valence-electron chi connectivity index (χ0n) is 14.0. The summed E-state index contributed by atoms with van der Waals surface area (Å²) in [7, 11) is 0. The van der Waals surface area contributed by atoms with Crippen molar-refractivity contribution in [3.8, 4) is 0 Å². The Bertz CT molecular complexity index is 776. The van der Waals surface area contributed by atoms with Crippen LogP contribution < -0.4 is 5.56 Å². The molecular formula is C18H22N2O4. The van der Waals surface area contributed by atoms with Gasteiger partial charge >= 0.3 is 5.97 Å². The Balaban J connectivity index is 2.13. The third kappa shape index (κ3) is 4.22. The molecule has 6 nitrogen and oxygen atoms in total. The van der Waals surface area contributed by atoms with E-state index < -0.39 is 5.97 Å². The molecule has 0 atom stereocenters. The van der Waals surface area contributed by atoms with E-state index in [-0.39, 0.29) is 23.6 Å². The molecule has 0 bridgehead atoms. The van der Waals surface area contributed by atoms with Crippen molar-refractivity contribution >= 4 is 22.8 Å². The average molecular weight is 330 g/mol. The quantitative estimate of drug-likeness (QED) is 0.790. The van der Waals surface area contributed by atoms with Gasteiger partial charge in [0, 0.05) is 30.1 Å². The maximum Gasteiger partial charge on any atom is 0.339 e. The minimum Gasteiger partial charge on any atom is -0.452 e. The van der Waals surface area contributed by atoms with Gasteiger partial charge in [0.1, 0.15) is 0 Å². The van der Waals surface area contributed by atoms with Crippen LogP contribution in [-0.4, -0.2) is 41.5 Å². The van der Waals surface area contributed by atoms with Gasteiger partial charge in [0.2, 0.25) is 5.56 Å². The standard InChI is InChI=1S/C18H22N2O4/c1-3-9-20(10-4-2)17(22)12-24-18(23)14-11-16(21)19-15-8-6-5-7-13(14)15/h5-8,11H,3-4,9-10,12H2,1-2H3,(H,19,21). The van der Waals surface area contributed by atoms with Crippen molar-refractivity contribution in [2.75, 3.05) is 19.7 Å². The molecule has 1 heterocycles. The summed E-state index contributed by atoms with van der Waals surface area (Å²) in [5.41, 5.74) is 0.340. The zero-order valence-corrected chi connectivity index (χ0v) is 14.0. The minimum atomic E-state index is -0.668. The summed E-state index contributed by atoms with van der Waals surface area (Å²) in [4.78, 5) is 40.5. The number of carbonyl (C=O) groups is 2.